The molecule has 0 aliphatic carbocycles. The number of likely N-dealkylation sites (N-methyl/N-ethyl adjacent to an activating group) is 1. The molecule has 0 spiro atoms. The van der Waals surface area contributed by atoms with Gasteiger partial charge in [0.25, 0.3) is 0 Å². The van der Waals surface area contributed by atoms with Gasteiger partial charge in [0, 0.05) is 25.7 Å². The highest BCUT2D eigenvalue weighted by Crippen LogP contribution is 2.24. The summed E-state index contributed by atoms with van der Waals surface area (Å²) in [4.78, 5) is 14.2. The van der Waals surface area contributed by atoms with Crippen LogP contribution in [0.3, 0.4) is 0 Å². The molecule has 1 fully saturated rings. The van der Waals surface area contributed by atoms with E-state index in [2.05, 4.69) is 16.3 Å². The van der Waals surface area contributed by atoms with Gasteiger partial charge >= 0.3 is 0 Å². The Morgan fingerprint density at radius 1 is 1.48 bits per heavy atom. The van der Waals surface area contributed by atoms with E-state index in [0.29, 0.717) is 6.54 Å². The van der Waals surface area contributed by atoms with Crippen LogP contribution >= 0.6 is 0 Å². The van der Waals surface area contributed by atoms with Gasteiger partial charge in [-0.15, -0.1) is 0 Å². The van der Waals surface area contributed by atoms with Crippen LogP contribution in [0.15, 0.2) is 18.2 Å². The Kier molecular flexibility index (Phi) is 5.59. The van der Waals surface area contributed by atoms with Crippen LogP contribution in [0.2, 0.25) is 0 Å². The topological polar surface area (TPSA) is 67.6 Å². The van der Waals surface area contributed by atoms with Crippen molar-refractivity contribution < 1.29 is 9.53 Å². The molecular formula is C16H25N3O2. The lowest BCUT2D eigenvalue weighted by Crippen LogP contribution is -2.48. The minimum absolute atomic E-state index is 0.0241. The summed E-state index contributed by atoms with van der Waals surface area (Å²) in [7, 11) is 3.36. The van der Waals surface area contributed by atoms with Gasteiger partial charge in [-0.3, -0.25) is 9.69 Å². The number of methoxy groups -OCH3 is 1. The number of benzene rings is 1. The Balaban J connectivity index is 2.13. The van der Waals surface area contributed by atoms with Crippen LogP contribution in [0.1, 0.15) is 30.4 Å². The monoisotopic (exact) mass is 291 g/mol. The molecule has 5 nitrogen and oxygen atoms in total. The summed E-state index contributed by atoms with van der Waals surface area (Å²) < 4.78 is 5.38. The molecule has 0 saturated carbocycles. The summed E-state index contributed by atoms with van der Waals surface area (Å²) in [6, 6.07) is 6.08. The number of carbonyl (C=O) groups excluding carboxylic acids is 1. The van der Waals surface area contributed by atoms with Crippen LogP contribution in [0, 0.1) is 0 Å². The molecule has 21 heavy (non-hydrogen) atoms. The van der Waals surface area contributed by atoms with Crippen LogP contribution in [0.5, 0.6) is 5.75 Å². The molecule has 2 rings (SSSR count). The quantitative estimate of drug-likeness (QED) is 0.857. The first-order chi connectivity index (χ1) is 10.2. The minimum Gasteiger partial charge on any atom is -0.496 e. The molecule has 3 N–H and O–H groups in total. The Morgan fingerprint density at radius 2 is 2.29 bits per heavy atom. The fourth-order valence-corrected chi connectivity index (χ4v) is 2.93. The second kappa shape index (κ2) is 7.43. The third-order valence-electron chi connectivity index (χ3n) is 4.12. The molecule has 1 aromatic rings. The number of likely N-dealkylation sites (tertiary alicyclic amines) is 1. The average molecular weight is 291 g/mol. The van der Waals surface area contributed by atoms with E-state index in [-0.39, 0.29) is 11.9 Å². The molecule has 116 valence electrons. The minimum atomic E-state index is -0.0241. The van der Waals surface area contributed by atoms with Crippen molar-refractivity contribution in [3.05, 3.63) is 29.3 Å². The fraction of sp³-hybridized carbons (Fsp3) is 0.562. The first-order valence-corrected chi connectivity index (χ1v) is 7.51. The van der Waals surface area contributed by atoms with Crippen molar-refractivity contribution >= 4 is 5.91 Å². The molecule has 1 heterocycles. The number of nitrogens with two attached hydrogens (primary N) is 1. The summed E-state index contributed by atoms with van der Waals surface area (Å²) in [5, 5.41) is 2.77. The third kappa shape index (κ3) is 3.74. The second-order valence-electron chi connectivity index (χ2n) is 5.45. The highest BCUT2D eigenvalue weighted by molar-refractivity contribution is 5.81. The highest BCUT2D eigenvalue weighted by Gasteiger charge is 2.27. The maximum Gasteiger partial charge on any atom is 0.237 e. The first-order valence-electron chi connectivity index (χ1n) is 7.51. The molecule has 1 saturated heterocycles. The number of amides is 1. The maximum absolute atomic E-state index is 12.0. The molecule has 5 heteroatoms. The number of ether oxygens (including phenoxy) is 1. The summed E-state index contributed by atoms with van der Waals surface area (Å²) in [6.07, 6.45) is 3.19. The third-order valence-corrected chi connectivity index (χ3v) is 4.12. The Labute approximate surface area is 126 Å². The van der Waals surface area contributed by atoms with E-state index < -0.39 is 0 Å². The molecule has 0 bridgehead atoms. The van der Waals surface area contributed by atoms with Crippen molar-refractivity contribution in [1.82, 2.24) is 10.2 Å². The van der Waals surface area contributed by atoms with Crippen molar-refractivity contribution in [2.45, 2.75) is 38.4 Å². The fourth-order valence-electron chi connectivity index (χ4n) is 2.93. The summed E-state index contributed by atoms with van der Waals surface area (Å²) in [5.41, 5.74) is 7.85. The van der Waals surface area contributed by atoms with E-state index in [1.54, 1.807) is 14.2 Å². The molecular weight excluding hydrogens is 266 g/mol. The smallest absolute Gasteiger partial charge is 0.237 e. The number of nitrogens with one attached hydrogen (secondary N) is 1. The van der Waals surface area contributed by atoms with E-state index in [1.807, 2.05) is 12.1 Å². The predicted octanol–water partition coefficient (Wildman–Crippen LogP) is 1.25. The normalized spacial score (nSPS) is 19.3. The molecule has 1 aromatic carbocycles. The predicted molar refractivity (Wildman–Crippen MR) is 83.0 cm³/mol. The van der Waals surface area contributed by atoms with Crippen molar-refractivity contribution in [3.63, 3.8) is 0 Å². The lowest BCUT2D eigenvalue weighted by atomic mass is 10.00. The van der Waals surface area contributed by atoms with Gasteiger partial charge in [0.1, 0.15) is 5.75 Å². The van der Waals surface area contributed by atoms with Gasteiger partial charge in [0.05, 0.1) is 13.2 Å². The lowest BCUT2D eigenvalue weighted by Gasteiger charge is -2.34. The first kappa shape index (κ1) is 15.8. The van der Waals surface area contributed by atoms with Crippen molar-refractivity contribution in [2.75, 3.05) is 20.7 Å². The molecule has 1 aliphatic rings. The molecule has 0 aromatic heterocycles. The van der Waals surface area contributed by atoms with Crippen LogP contribution in [-0.4, -0.2) is 37.6 Å². The standard InChI is InChI=1S/C16H25N3O2/c1-18-16(20)14-5-3-4-8-19(14)11-12-6-7-13(10-17)15(9-12)21-2/h6-7,9,14H,3-5,8,10-11,17H2,1-2H3,(H,18,20). The Bertz CT molecular complexity index is 490. The highest BCUT2D eigenvalue weighted by atomic mass is 16.5. The zero-order valence-corrected chi connectivity index (χ0v) is 12.9. The van der Waals surface area contributed by atoms with E-state index >= 15 is 0 Å². The molecule has 1 unspecified atom stereocenters. The van der Waals surface area contributed by atoms with E-state index in [1.165, 1.54) is 0 Å². The molecule has 1 aliphatic heterocycles. The average Bonchev–Trinajstić information content (AvgIpc) is 2.54. The van der Waals surface area contributed by atoms with Crippen molar-refractivity contribution in [3.8, 4) is 5.75 Å². The number of nitrogens with zero attached hydrogens (tertiary/aromatic N) is 1. The molecule has 1 amide bonds. The zero-order chi connectivity index (χ0) is 15.2. The Morgan fingerprint density at radius 3 is 2.95 bits per heavy atom. The van der Waals surface area contributed by atoms with Gasteiger partial charge in [0.2, 0.25) is 5.91 Å². The number of hydrogen-bond donors (Lipinski definition) is 2. The van der Waals surface area contributed by atoms with E-state index in [0.717, 1.165) is 49.2 Å². The number of piperidine rings is 1. The summed E-state index contributed by atoms with van der Waals surface area (Å²) in [6.45, 7) is 2.19. The number of carbonyl (C=O) groups is 1. The molecule has 1 atom stereocenters. The Hall–Kier alpha value is -1.59. The van der Waals surface area contributed by atoms with Gasteiger partial charge in [-0.25, -0.2) is 0 Å². The summed E-state index contributed by atoms with van der Waals surface area (Å²) in [5.74, 6) is 0.934. The lowest BCUT2D eigenvalue weighted by molar-refractivity contribution is -0.127. The van der Waals surface area contributed by atoms with E-state index in [9.17, 15) is 4.79 Å². The molecule has 0 radical (unpaired) electrons. The van der Waals surface area contributed by atoms with Crippen molar-refractivity contribution in [2.24, 2.45) is 5.73 Å². The van der Waals surface area contributed by atoms with E-state index in [4.69, 9.17) is 10.5 Å². The zero-order valence-electron chi connectivity index (χ0n) is 12.9. The van der Waals surface area contributed by atoms with Crippen LogP contribution in [0.25, 0.3) is 0 Å². The summed E-state index contributed by atoms with van der Waals surface area (Å²) >= 11 is 0. The van der Waals surface area contributed by atoms with Gasteiger partial charge in [-0.1, -0.05) is 18.6 Å². The largest absolute Gasteiger partial charge is 0.496 e. The van der Waals surface area contributed by atoms with Gasteiger partial charge in [0.15, 0.2) is 0 Å². The number of rotatable bonds is 5. The van der Waals surface area contributed by atoms with Crippen molar-refractivity contribution in [1.29, 1.82) is 0 Å². The maximum atomic E-state index is 12.0. The van der Waals surface area contributed by atoms with Gasteiger partial charge in [-0.2, -0.15) is 0 Å². The van der Waals surface area contributed by atoms with Crippen LogP contribution in [0.4, 0.5) is 0 Å². The number of hydrogen-bond acceptors (Lipinski definition) is 4. The van der Waals surface area contributed by atoms with Crippen LogP contribution < -0.4 is 15.8 Å². The second-order valence-corrected chi connectivity index (χ2v) is 5.45. The van der Waals surface area contributed by atoms with Crippen LogP contribution in [-0.2, 0) is 17.9 Å². The SMILES string of the molecule is CNC(=O)C1CCCCN1Cc1ccc(CN)c(OC)c1. The van der Waals surface area contributed by atoms with Gasteiger partial charge < -0.3 is 15.8 Å². The van der Waals surface area contributed by atoms with Gasteiger partial charge in [-0.05, 0) is 31.0 Å².